The molecule has 1 unspecified atom stereocenters. The van der Waals surface area contributed by atoms with Gasteiger partial charge in [0.2, 0.25) is 0 Å². The summed E-state index contributed by atoms with van der Waals surface area (Å²) in [7, 11) is 0. The maximum absolute atomic E-state index is 11.0. The number of aromatic carboxylic acids is 1. The number of aromatic nitrogens is 3. The summed E-state index contributed by atoms with van der Waals surface area (Å²) in [5, 5.41) is 16.5. The maximum Gasteiger partial charge on any atom is 0.358 e. The van der Waals surface area contributed by atoms with Crippen LogP contribution in [0, 0.1) is 0 Å². The maximum atomic E-state index is 11.0. The highest BCUT2D eigenvalue weighted by atomic mass is 16.5. The molecule has 3 N–H and O–H groups in total. The summed E-state index contributed by atoms with van der Waals surface area (Å²) in [5.41, 5.74) is 7.05. The number of nitrogens with two attached hydrogens (primary N) is 1. The molecule has 20 heavy (non-hydrogen) atoms. The molecule has 7 nitrogen and oxygen atoms in total. The van der Waals surface area contributed by atoms with Gasteiger partial charge in [-0.2, -0.15) is 0 Å². The van der Waals surface area contributed by atoms with Crippen molar-refractivity contribution in [3.05, 3.63) is 41.2 Å². The molecule has 1 aliphatic heterocycles. The van der Waals surface area contributed by atoms with Crippen molar-refractivity contribution in [3.63, 3.8) is 0 Å². The van der Waals surface area contributed by atoms with E-state index >= 15 is 0 Å². The largest absolute Gasteiger partial charge is 0.488 e. The van der Waals surface area contributed by atoms with Gasteiger partial charge in [0, 0.05) is 13.0 Å². The molecule has 0 fully saturated rings. The zero-order valence-corrected chi connectivity index (χ0v) is 10.7. The number of ether oxygens (including phenoxy) is 1. The van der Waals surface area contributed by atoms with Gasteiger partial charge in [-0.25, -0.2) is 9.48 Å². The van der Waals surface area contributed by atoms with Crippen LogP contribution in [-0.2, 0) is 19.5 Å². The Morgan fingerprint density at radius 3 is 3.00 bits per heavy atom. The van der Waals surface area contributed by atoms with Crippen LogP contribution in [0.4, 0.5) is 0 Å². The number of carbonyl (C=O) groups is 1. The minimum absolute atomic E-state index is 0.0777. The van der Waals surface area contributed by atoms with E-state index in [1.165, 1.54) is 4.68 Å². The van der Waals surface area contributed by atoms with Crippen molar-refractivity contribution in [3.8, 4) is 5.75 Å². The van der Waals surface area contributed by atoms with Crippen LogP contribution in [0.25, 0.3) is 0 Å². The third-order valence-electron chi connectivity index (χ3n) is 3.32. The summed E-state index contributed by atoms with van der Waals surface area (Å²) >= 11 is 0. The standard InChI is InChI=1S/C13H14N4O3/c14-6-10-12(13(18)19)15-16-17(10)7-9-5-8-3-1-2-4-11(8)20-9/h1-4,9H,5-7,14H2,(H,18,19). The molecule has 0 saturated carbocycles. The second-order valence-electron chi connectivity index (χ2n) is 4.63. The molecule has 1 aromatic carbocycles. The summed E-state index contributed by atoms with van der Waals surface area (Å²) < 4.78 is 7.32. The fourth-order valence-electron chi connectivity index (χ4n) is 2.40. The molecule has 2 aromatic rings. The first kappa shape index (κ1) is 12.6. The molecular formula is C13H14N4O3. The van der Waals surface area contributed by atoms with Gasteiger partial charge in [0.15, 0.2) is 5.69 Å². The Balaban J connectivity index is 1.79. The lowest BCUT2D eigenvalue weighted by Crippen LogP contribution is -2.24. The molecule has 104 valence electrons. The van der Waals surface area contributed by atoms with Gasteiger partial charge in [-0.15, -0.1) is 5.10 Å². The minimum atomic E-state index is -1.12. The smallest absolute Gasteiger partial charge is 0.358 e. The van der Waals surface area contributed by atoms with Crippen molar-refractivity contribution in [2.45, 2.75) is 25.6 Å². The van der Waals surface area contributed by atoms with E-state index in [9.17, 15) is 4.79 Å². The van der Waals surface area contributed by atoms with Gasteiger partial charge >= 0.3 is 5.97 Å². The Morgan fingerprint density at radius 1 is 1.50 bits per heavy atom. The lowest BCUT2D eigenvalue weighted by molar-refractivity contribution is 0.0689. The Morgan fingerprint density at radius 2 is 2.30 bits per heavy atom. The van der Waals surface area contributed by atoms with Gasteiger partial charge in [-0.1, -0.05) is 23.4 Å². The molecule has 3 rings (SSSR count). The average Bonchev–Trinajstić information content (AvgIpc) is 3.01. The number of hydrogen-bond acceptors (Lipinski definition) is 5. The van der Waals surface area contributed by atoms with E-state index in [0.29, 0.717) is 12.2 Å². The average molecular weight is 274 g/mol. The van der Waals surface area contributed by atoms with Crippen LogP contribution in [0.15, 0.2) is 24.3 Å². The van der Waals surface area contributed by atoms with Gasteiger partial charge in [0.1, 0.15) is 11.9 Å². The Bertz CT molecular complexity index is 628. The van der Waals surface area contributed by atoms with E-state index in [4.69, 9.17) is 15.6 Å². The number of nitrogens with zero attached hydrogens (tertiary/aromatic N) is 3. The lowest BCUT2D eigenvalue weighted by atomic mass is 10.1. The number of benzene rings is 1. The summed E-state index contributed by atoms with van der Waals surface area (Å²) in [5.74, 6) is -0.252. The van der Waals surface area contributed by atoms with Gasteiger partial charge in [0.05, 0.1) is 12.2 Å². The highest BCUT2D eigenvalue weighted by molar-refractivity contribution is 5.86. The van der Waals surface area contributed by atoms with E-state index in [-0.39, 0.29) is 18.3 Å². The van der Waals surface area contributed by atoms with Crippen LogP contribution in [0.2, 0.25) is 0 Å². The predicted octanol–water partition coefficient (Wildman–Crippen LogP) is 0.439. The van der Waals surface area contributed by atoms with Gasteiger partial charge in [-0.05, 0) is 11.6 Å². The fourth-order valence-corrected chi connectivity index (χ4v) is 2.40. The molecule has 0 amide bonds. The lowest BCUT2D eigenvalue weighted by Gasteiger charge is -2.12. The Kier molecular flexibility index (Phi) is 3.11. The molecule has 0 saturated heterocycles. The second kappa shape index (κ2) is 4.93. The molecule has 1 aliphatic rings. The van der Waals surface area contributed by atoms with Gasteiger partial charge in [-0.3, -0.25) is 0 Å². The van der Waals surface area contributed by atoms with E-state index in [1.807, 2.05) is 24.3 Å². The topological polar surface area (TPSA) is 103 Å². The molecule has 0 bridgehead atoms. The first-order valence-corrected chi connectivity index (χ1v) is 6.29. The van der Waals surface area contributed by atoms with Crippen LogP contribution >= 0.6 is 0 Å². The van der Waals surface area contributed by atoms with Crippen molar-refractivity contribution in [1.29, 1.82) is 0 Å². The van der Waals surface area contributed by atoms with E-state index in [0.717, 1.165) is 17.7 Å². The van der Waals surface area contributed by atoms with E-state index in [1.54, 1.807) is 0 Å². The van der Waals surface area contributed by atoms with Crippen LogP contribution < -0.4 is 10.5 Å². The third kappa shape index (κ3) is 2.12. The first-order valence-electron chi connectivity index (χ1n) is 6.29. The van der Waals surface area contributed by atoms with Gasteiger partial charge in [0.25, 0.3) is 0 Å². The highest BCUT2D eigenvalue weighted by Gasteiger charge is 2.25. The van der Waals surface area contributed by atoms with Crippen molar-refractivity contribution in [1.82, 2.24) is 15.0 Å². The summed E-state index contributed by atoms with van der Waals surface area (Å²) in [6.07, 6.45) is 0.684. The molecular weight excluding hydrogens is 260 g/mol. The van der Waals surface area contributed by atoms with Crippen LogP contribution in [0.3, 0.4) is 0 Å². The molecule has 2 heterocycles. The Hall–Kier alpha value is -2.41. The molecule has 0 aliphatic carbocycles. The molecule has 1 aromatic heterocycles. The van der Waals surface area contributed by atoms with E-state index < -0.39 is 5.97 Å². The summed E-state index contributed by atoms with van der Waals surface area (Å²) in [4.78, 5) is 11.0. The normalized spacial score (nSPS) is 16.8. The first-order chi connectivity index (χ1) is 9.69. The molecule has 0 radical (unpaired) electrons. The van der Waals surface area contributed by atoms with E-state index in [2.05, 4.69) is 10.3 Å². The zero-order valence-electron chi connectivity index (χ0n) is 10.7. The third-order valence-corrected chi connectivity index (χ3v) is 3.32. The van der Waals surface area contributed by atoms with Gasteiger partial charge < -0.3 is 15.6 Å². The van der Waals surface area contributed by atoms with Crippen LogP contribution in [0.5, 0.6) is 5.75 Å². The summed E-state index contributed by atoms with van der Waals surface area (Å²) in [6, 6.07) is 7.82. The summed E-state index contributed by atoms with van der Waals surface area (Å²) in [6.45, 7) is 0.510. The fraction of sp³-hybridized carbons (Fsp3) is 0.308. The number of hydrogen-bond donors (Lipinski definition) is 2. The number of carboxylic acid groups (broad SMARTS) is 1. The number of carboxylic acids is 1. The predicted molar refractivity (Wildman–Crippen MR) is 69.4 cm³/mol. The van der Waals surface area contributed by atoms with Crippen molar-refractivity contribution in [2.24, 2.45) is 5.73 Å². The molecule has 0 spiro atoms. The number of para-hydroxylation sites is 1. The zero-order chi connectivity index (χ0) is 14.1. The quantitative estimate of drug-likeness (QED) is 0.838. The van der Waals surface area contributed by atoms with Crippen molar-refractivity contribution >= 4 is 5.97 Å². The minimum Gasteiger partial charge on any atom is -0.488 e. The second-order valence-corrected chi connectivity index (χ2v) is 4.63. The molecule has 1 atom stereocenters. The SMILES string of the molecule is NCc1c(C(=O)O)nnn1CC1Cc2ccccc2O1. The molecule has 7 heteroatoms. The highest BCUT2D eigenvalue weighted by Crippen LogP contribution is 2.28. The van der Waals surface area contributed by atoms with Crippen LogP contribution in [0.1, 0.15) is 21.7 Å². The van der Waals surface area contributed by atoms with Crippen LogP contribution in [-0.4, -0.2) is 32.2 Å². The van der Waals surface area contributed by atoms with Crippen molar-refractivity contribution in [2.75, 3.05) is 0 Å². The monoisotopic (exact) mass is 274 g/mol. The Labute approximate surface area is 115 Å². The number of fused-ring (bicyclic) bond motifs is 1. The van der Waals surface area contributed by atoms with Crippen molar-refractivity contribution < 1.29 is 14.6 Å². The number of rotatable bonds is 4.